The number of benzene rings is 1. The standard InChI is InChI=1S/C14H16BrNO3/c1-2-14(13(18)19)8-5-9-16(14)12(17)10-6-3-4-7-11(10)15/h3-4,6-7H,2,5,8-9H2,1H3,(H,18,19). The molecule has 1 saturated heterocycles. The van der Waals surface area contributed by atoms with Crippen LogP contribution in [0.2, 0.25) is 0 Å². The van der Waals surface area contributed by atoms with Gasteiger partial charge in [0, 0.05) is 11.0 Å². The molecule has 19 heavy (non-hydrogen) atoms. The van der Waals surface area contributed by atoms with E-state index in [-0.39, 0.29) is 5.91 Å². The number of likely N-dealkylation sites (tertiary alicyclic amines) is 1. The molecule has 1 unspecified atom stereocenters. The molecule has 0 bridgehead atoms. The van der Waals surface area contributed by atoms with Crippen LogP contribution in [0.3, 0.4) is 0 Å². The summed E-state index contributed by atoms with van der Waals surface area (Å²) in [5.74, 6) is -1.12. The molecule has 5 heteroatoms. The van der Waals surface area contributed by atoms with Crippen molar-refractivity contribution < 1.29 is 14.7 Å². The molecule has 1 N–H and O–H groups in total. The van der Waals surface area contributed by atoms with Crippen molar-refractivity contribution in [3.63, 3.8) is 0 Å². The summed E-state index contributed by atoms with van der Waals surface area (Å²) in [7, 11) is 0. The van der Waals surface area contributed by atoms with Gasteiger partial charge in [-0.3, -0.25) is 4.79 Å². The summed E-state index contributed by atoms with van der Waals surface area (Å²) in [4.78, 5) is 25.7. The lowest BCUT2D eigenvalue weighted by atomic mass is 9.92. The minimum absolute atomic E-state index is 0.214. The molecule has 0 aliphatic carbocycles. The van der Waals surface area contributed by atoms with Gasteiger partial charge in [0.05, 0.1) is 5.56 Å². The van der Waals surface area contributed by atoms with E-state index in [9.17, 15) is 14.7 Å². The summed E-state index contributed by atoms with van der Waals surface area (Å²) in [6, 6.07) is 7.11. The highest BCUT2D eigenvalue weighted by molar-refractivity contribution is 9.10. The Morgan fingerprint density at radius 3 is 2.68 bits per heavy atom. The molecule has 1 heterocycles. The Morgan fingerprint density at radius 1 is 1.42 bits per heavy atom. The van der Waals surface area contributed by atoms with E-state index in [1.807, 2.05) is 13.0 Å². The molecule has 1 atom stereocenters. The summed E-state index contributed by atoms with van der Waals surface area (Å²) in [6.07, 6.45) is 1.68. The number of carboxylic acid groups (broad SMARTS) is 1. The number of halogens is 1. The van der Waals surface area contributed by atoms with E-state index in [1.165, 1.54) is 4.90 Å². The number of carbonyl (C=O) groups is 2. The third-order valence-electron chi connectivity index (χ3n) is 3.82. The van der Waals surface area contributed by atoms with Gasteiger partial charge >= 0.3 is 5.97 Å². The molecule has 4 nitrogen and oxygen atoms in total. The summed E-state index contributed by atoms with van der Waals surface area (Å²) < 4.78 is 0.697. The maximum Gasteiger partial charge on any atom is 0.329 e. The van der Waals surface area contributed by atoms with Crippen molar-refractivity contribution in [2.75, 3.05) is 6.54 Å². The van der Waals surface area contributed by atoms with Gasteiger partial charge in [-0.15, -0.1) is 0 Å². The van der Waals surface area contributed by atoms with Crippen LogP contribution in [0.25, 0.3) is 0 Å². The predicted octanol–water partition coefficient (Wildman–Crippen LogP) is 2.92. The second-order valence-electron chi connectivity index (χ2n) is 4.73. The van der Waals surface area contributed by atoms with Gasteiger partial charge in [0.2, 0.25) is 0 Å². The number of hydrogen-bond donors (Lipinski definition) is 1. The van der Waals surface area contributed by atoms with Crippen molar-refractivity contribution in [3.8, 4) is 0 Å². The van der Waals surface area contributed by atoms with Crippen molar-refractivity contribution in [2.24, 2.45) is 0 Å². The van der Waals surface area contributed by atoms with Crippen molar-refractivity contribution in [1.82, 2.24) is 4.90 Å². The van der Waals surface area contributed by atoms with Crippen LogP contribution < -0.4 is 0 Å². The molecule has 1 aromatic rings. The Labute approximate surface area is 120 Å². The van der Waals surface area contributed by atoms with Crippen molar-refractivity contribution in [1.29, 1.82) is 0 Å². The molecule has 1 aliphatic heterocycles. The van der Waals surface area contributed by atoms with Gasteiger partial charge in [-0.25, -0.2) is 4.79 Å². The number of hydrogen-bond acceptors (Lipinski definition) is 2. The second-order valence-corrected chi connectivity index (χ2v) is 5.58. The Morgan fingerprint density at radius 2 is 2.11 bits per heavy atom. The molecule has 1 aliphatic rings. The molecule has 0 spiro atoms. The monoisotopic (exact) mass is 325 g/mol. The summed E-state index contributed by atoms with van der Waals surface area (Å²) in [5.41, 5.74) is -0.532. The minimum atomic E-state index is -1.05. The molecule has 0 radical (unpaired) electrons. The van der Waals surface area contributed by atoms with E-state index in [1.54, 1.807) is 18.2 Å². The lowest BCUT2D eigenvalue weighted by molar-refractivity contribution is -0.148. The van der Waals surface area contributed by atoms with Gasteiger partial charge in [-0.1, -0.05) is 19.1 Å². The molecule has 1 aromatic carbocycles. The van der Waals surface area contributed by atoms with Crippen LogP contribution in [-0.2, 0) is 4.79 Å². The molecule has 1 amide bonds. The predicted molar refractivity (Wildman–Crippen MR) is 75.1 cm³/mol. The smallest absolute Gasteiger partial charge is 0.329 e. The fraction of sp³-hybridized carbons (Fsp3) is 0.429. The first kappa shape index (κ1) is 14.1. The third kappa shape index (κ3) is 2.27. The van der Waals surface area contributed by atoms with Crippen molar-refractivity contribution in [2.45, 2.75) is 31.7 Å². The third-order valence-corrected chi connectivity index (χ3v) is 4.51. The van der Waals surface area contributed by atoms with Gasteiger partial charge < -0.3 is 10.0 Å². The van der Waals surface area contributed by atoms with Gasteiger partial charge in [0.1, 0.15) is 5.54 Å². The van der Waals surface area contributed by atoms with Crippen LogP contribution >= 0.6 is 15.9 Å². The van der Waals surface area contributed by atoms with E-state index in [2.05, 4.69) is 15.9 Å². The Kier molecular flexibility index (Phi) is 3.94. The Hall–Kier alpha value is -1.36. The van der Waals surface area contributed by atoms with Crippen LogP contribution in [-0.4, -0.2) is 34.0 Å². The van der Waals surface area contributed by atoms with E-state index < -0.39 is 11.5 Å². The minimum Gasteiger partial charge on any atom is -0.479 e. The van der Waals surface area contributed by atoms with E-state index in [0.717, 1.165) is 6.42 Å². The first-order valence-electron chi connectivity index (χ1n) is 6.33. The van der Waals surface area contributed by atoms with Crippen LogP contribution in [0.15, 0.2) is 28.7 Å². The zero-order valence-corrected chi connectivity index (χ0v) is 12.3. The van der Waals surface area contributed by atoms with Crippen LogP contribution in [0.1, 0.15) is 36.5 Å². The van der Waals surface area contributed by atoms with Gasteiger partial charge in [-0.2, -0.15) is 0 Å². The second kappa shape index (κ2) is 5.33. The maximum absolute atomic E-state index is 12.6. The average Bonchev–Trinajstić information content (AvgIpc) is 2.83. The lowest BCUT2D eigenvalue weighted by Crippen LogP contribution is -2.52. The first-order chi connectivity index (χ1) is 9.03. The first-order valence-corrected chi connectivity index (χ1v) is 7.12. The number of aliphatic carboxylic acids is 1. The highest BCUT2D eigenvalue weighted by Gasteiger charge is 2.48. The van der Waals surface area contributed by atoms with Crippen molar-refractivity contribution >= 4 is 27.8 Å². The summed E-state index contributed by atoms with van der Waals surface area (Å²) in [5, 5.41) is 9.49. The fourth-order valence-electron chi connectivity index (χ4n) is 2.70. The van der Waals surface area contributed by atoms with Gasteiger partial charge in [-0.05, 0) is 47.3 Å². The van der Waals surface area contributed by atoms with Crippen LogP contribution in [0.5, 0.6) is 0 Å². The molecule has 102 valence electrons. The molecular weight excluding hydrogens is 310 g/mol. The van der Waals surface area contributed by atoms with Crippen molar-refractivity contribution in [3.05, 3.63) is 34.3 Å². The molecule has 1 fully saturated rings. The van der Waals surface area contributed by atoms with Gasteiger partial charge in [0.25, 0.3) is 5.91 Å². The average molecular weight is 326 g/mol. The highest BCUT2D eigenvalue weighted by Crippen LogP contribution is 2.35. The van der Waals surface area contributed by atoms with Crippen LogP contribution in [0.4, 0.5) is 0 Å². The zero-order chi connectivity index (χ0) is 14.0. The number of nitrogens with zero attached hydrogens (tertiary/aromatic N) is 1. The SMILES string of the molecule is CCC1(C(=O)O)CCCN1C(=O)c1ccccc1Br. The number of carbonyl (C=O) groups excluding carboxylic acids is 1. The maximum atomic E-state index is 12.6. The number of amides is 1. The van der Waals surface area contributed by atoms with E-state index in [0.29, 0.717) is 29.4 Å². The number of carboxylic acids is 1. The molecule has 0 saturated carbocycles. The van der Waals surface area contributed by atoms with Crippen LogP contribution in [0, 0.1) is 0 Å². The number of rotatable bonds is 3. The largest absolute Gasteiger partial charge is 0.479 e. The van der Waals surface area contributed by atoms with E-state index in [4.69, 9.17) is 0 Å². The normalized spacial score (nSPS) is 22.5. The zero-order valence-electron chi connectivity index (χ0n) is 10.7. The molecule has 0 aromatic heterocycles. The van der Waals surface area contributed by atoms with E-state index >= 15 is 0 Å². The molecule has 2 rings (SSSR count). The highest BCUT2D eigenvalue weighted by atomic mass is 79.9. The fourth-order valence-corrected chi connectivity index (χ4v) is 3.15. The summed E-state index contributed by atoms with van der Waals surface area (Å²) in [6.45, 7) is 2.32. The Bertz CT molecular complexity index is 517. The Balaban J connectivity index is 2.38. The quantitative estimate of drug-likeness (QED) is 0.929. The summed E-state index contributed by atoms with van der Waals surface area (Å²) >= 11 is 3.35. The van der Waals surface area contributed by atoms with Gasteiger partial charge in [0.15, 0.2) is 0 Å². The topological polar surface area (TPSA) is 57.6 Å². The lowest BCUT2D eigenvalue weighted by Gasteiger charge is -2.34. The molecular formula is C14H16BrNO3.